The van der Waals surface area contributed by atoms with Gasteiger partial charge in [0.2, 0.25) is 0 Å². The van der Waals surface area contributed by atoms with E-state index in [9.17, 15) is 0 Å². The number of aryl methyl sites for hydroxylation is 2. The fourth-order valence-corrected chi connectivity index (χ4v) is 3.38. The third kappa shape index (κ3) is 2.21. The fourth-order valence-electron chi connectivity index (χ4n) is 3.38. The number of aromatic nitrogens is 2. The van der Waals surface area contributed by atoms with E-state index >= 15 is 0 Å². The molecule has 0 aromatic carbocycles. The average Bonchev–Trinajstić information content (AvgIpc) is 2.98. The van der Waals surface area contributed by atoms with Crippen molar-refractivity contribution in [2.45, 2.75) is 51.6 Å². The van der Waals surface area contributed by atoms with Crippen LogP contribution in [0.15, 0.2) is 6.07 Å². The molecule has 1 aromatic rings. The summed E-state index contributed by atoms with van der Waals surface area (Å²) in [6.45, 7) is 6.35. The molecule has 0 bridgehead atoms. The summed E-state index contributed by atoms with van der Waals surface area (Å²) in [5, 5.41) is 3.64. The molecule has 2 aliphatic heterocycles. The van der Waals surface area contributed by atoms with Crippen molar-refractivity contribution in [3.05, 3.63) is 17.6 Å². The lowest BCUT2D eigenvalue weighted by atomic mass is 10.0. The van der Waals surface area contributed by atoms with Gasteiger partial charge in [0, 0.05) is 30.4 Å². The standard InChI is InChI=1S/C14H22N4/c1-10-9-14(17-11(2)16-10)18-8-4-6-13(18)12-5-3-7-15-12/h9,12-13,15H,3-8H2,1-2H3. The van der Waals surface area contributed by atoms with E-state index < -0.39 is 0 Å². The summed E-state index contributed by atoms with van der Waals surface area (Å²) >= 11 is 0. The lowest BCUT2D eigenvalue weighted by molar-refractivity contribution is 0.480. The minimum absolute atomic E-state index is 0.626. The minimum Gasteiger partial charge on any atom is -0.352 e. The Morgan fingerprint density at radius 1 is 1.22 bits per heavy atom. The van der Waals surface area contributed by atoms with E-state index in [1.54, 1.807) is 0 Å². The predicted molar refractivity (Wildman–Crippen MR) is 72.9 cm³/mol. The normalized spacial score (nSPS) is 28.0. The molecular formula is C14H22N4. The molecule has 98 valence electrons. The van der Waals surface area contributed by atoms with Crippen LogP contribution in [-0.4, -0.2) is 35.1 Å². The van der Waals surface area contributed by atoms with Gasteiger partial charge < -0.3 is 10.2 Å². The molecular weight excluding hydrogens is 224 g/mol. The fraction of sp³-hybridized carbons (Fsp3) is 0.714. The lowest BCUT2D eigenvalue weighted by Crippen LogP contribution is -2.44. The molecule has 2 aliphatic rings. The largest absolute Gasteiger partial charge is 0.352 e. The third-order valence-corrected chi connectivity index (χ3v) is 4.11. The molecule has 2 saturated heterocycles. The predicted octanol–water partition coefficient (Wildman–Crippen LogP) is 1.81. The van der Waals surface area contributed by atoms with Crippen molar-refractivity contribution in [2.75, 3.05) is 18.0 Å². The molecule has 0 amide bonds. The van der Waals surface area contributed by atoms with E-state index in [2.05, 4.69) is 33.2 Å². The van der Waals surface area contributed by atoms with Crippen molar-refractivity contribution in [3.8, 4) is 0 Å². The van der Waals surface area contributed by atoms with Crippen LogP contribution >= 0.6 is 0 Å². The molecule has 3 heterocycles. The van der Waals surface area contributed by atoms with Gasteiger partial charge in [0.25, 0.3) is 0 Å². The highest BCUT2D eigenvalue weighted by molar-refractivity contribution is 5.43. The second-order valence-corrected chi connectivity index (χ2v) is 5.52. The Kier molecular flexibility index (Phi) is 3.20. The van der Waals surface area contributed by atoms with Crippen LogP contribution in [0.1, 0.15) is 37.2 Å². The quantitative estimate of drug-likeness (QED) is 0.864. The molecule has 3 rings (SSSR count). The van der Waals surface area contributed by atoms with E-state index in [0.717, 1.165) is 23.9 Å². The molecule has 1 N–H and O–H groups in total. The highest BCUT2D eigenvalue weighted by Crippen LogP contribution is 2.29. The molecule has 0 radical (unpaired) electrons. The minimum atomic E-state index is 0.626. The summed E-state index contributed by atoms with van der Waals surface area (Å²) in [7, 11) is 0. The van der Waals surface area contributed by atoms with E-state index in [-0.39, 0.29) is 0 Å². The van der Waals surface area contributed by atoms with Crippen LogP contribution < -0.4 is 10.2 Å². The van der Waals surface area contributed by atoms with Crippen LogP contribution in [0.4, 0.5) is 5.82 Å². The van der Waals surface area contributed by atoms with Gasteiger partial charge in [-0.3, -0.25) is 0 Å². The number of nitrogens with one attached hydrogen (secondary N) is 1. The Morgan fingerprint density at radius 2 is 2.11 bits per heavy atom. The Morgan fingerprint density at radius 3 is 2.83 bits per heavy atom. The van der Waals surface area contributed by atoms with Crippen LogP contribution in [0.25, 0.3) is 0 Å². The third-order valence-electron chi connectivity index (χ3n) is 4.11. The van der Waals surface area contributed by atoms with Crippen molar-refractivity contribution in [2.24, 2.45) is 0 Å². The Hall–Kier alpha value is -1.16. The summed E-state index contributed by atoms with van der Waals surface area (Å²) in [4.78, 5) is 11.5. The first-order valence-electron chi connectivity index (χ1n) is 7.06. The Balaban J connectivity index is 1.85. The molecule has 2 fully saturated rings. The van der Waals surface area contributed by atoms with E-state index in [0.29, 0.717) is 12.1 Å². The monoisotopic (exact) mass is 246 g/mol. The van der Waals surface area contributed by atoms with Crippen LogP contribution in [0, 0.1) is 13.8 Å². The van der Waals surface area contributed by atoms with Crippen LogP contribution in [0.2, 0.25) is 0 Å². The summed E-state index contributed by atoms with van der Waals surface area (Å²) in [5.74, 6) is 2.01. The lowest BCUT2D eigenvalue weighted by Gasteiger charge is -2.30. The first-order valence-corrected chi connectivity index (χ1v) is 7.06. The molecule has 2 atom stereocenters. The average molecular weight is 246 g/mol. The zero-order valence-electron chi connectivity index (χ0n) is 11.3. The van der Waals surface area contributed by atoms with E-state index in [1.165, 1.54) is 32.2 Å². The first kappa shape index (κ1) is 11.9. The maximum atomic E-state index is 4.62. The summed E-state index contributed by atoms with van der Waals surface area (Å²) in [6, 6.07) is 3.41. The smallest absolute Gasteiger partial charge is 0.132 e. The zero-order chi connectivity index (χ0) is 12.5. The van der Waals surface area contributed by atoms with Gasteiger partial charge >= 0.3 is 0 Å². The van der Waals surface area contributed by atoms with Crippen molar-refractivity contribution < 1.29 is 0 Å². The van der Waals surface area contributed by atoms with Gasteiger partial charge in [-0.05, 0) is 46.1 Å². The number of anilines is 1. The van der Waals surface area contributed by atoms with Gasteiger partial charge in [-0.2, -0.15) is 0 Å². The van der Waals surface area contributed by atoms with Crippen LogP contribution in [-0.2, 0) is 0 Å². The van der Waals surface area contributed by atoms with Crippen molar-refractivity contribution >= 4 is 5.82 Å². The molecule has 0 aliphatic carbocycles. The van der Waals surface area contributed by atoms with Crippen molar-refractivity contribution in [1.29, 1.82) is 0 Å². The number of rotatable bonds is 2. The number of hydrogen-bond donors (Lipinski definition) is 1. The van der Waals surface area contributed by atoms with E-state index in [1.807, 2.05) is 6.92 Å². The van der Waals surface area contributed by atoms with Crippen LogP contribution in [0.3, 0.4) is 0 Å². The SMILES string of the molecule is Cc1cc(N2CCCC2C2CCCN2)nc(C)n1. The maximum absolute atomic E-state index is 4.62. The van der Waals surface area contributed by atoms with Gasteiger partial charge in [0.15, 0.2) is 0 Å². The molecule has 0 spiro atoms. The number of hydrogen-bond acceptors (Lipinski definition) is 4. The Bertz CT molecular complexity index is 406. The van der Waals surface area contributed by atoms with E-state index in [4.69, 9.17) is 0 Å². The van der Waals surface area contributed by atoms with Gasteiger partial charge in [-0.15, -0.1) is 0 Å². The molecule has 2 unspecified atom stereocenters. The topological polar surface area (TPSA) is 41.0 Å². The molecule has 4 heteroatoms. The molecule has 18 heavy (non-hydrogen) atoms. The highest BCUT2D eigenvalue weighted by Gasteiger charge is 2.33. The molecule has 4 nitrogen and oxygen atoms in total. The summed E-state index contributed by atoms with van der Waals surface area (Å²) in [5.41, 5.74) is 1.07. The highest BCUT2D eigenvalue weighted by atomic mass is 15.3. The number of nitrogens with zero attached hydrogens (tertiary/aromatic N) is 3. The van der Waals surface area contributed by atoms with Gasteiger partial charge in [0.1, 0.15) is 11.6 Å². The first-order chi connectivity index (χ1) is 8.74. The molecule has 1 aromatic heterocycles. The van der Waals surface area contributed by atoms with Gasteiger partial charge in [-0.25, -0.2) is 9.97 Å². The van der Waals surface area contributed by atoms with Gasteiger partial charge in [-0.1, -0.05) is 0 Å². The Labute approximate surface area is 109 Å². The van der Waals surface area contributed by atoms with Crippen molar-refractivity contribution in [3.63, 3.8) is 0 Å². The summed E-state index contributed by atoms with van der Waals surface area (Å²) < 4.78 is 0. The molecule has 0 saturated carbocycles. The zero-order valence-corrected chi connectivity index (χ0v) is 11.3. The van der Waals surface area contributed by atoms with Gasteiger partial charge in [0.05, 0.1) is 0 Å². The maximum Gasteiger partial charge on any atom is 0.132 e. The summed E-state index contributed by atoms with van der Waals surface area (Å²) in [6.07, 6.45) is 5.20. The second-order valence-electron chi connectivity index (χ2n) is 5.52. The van der Waals surface area contributed by atoms with Crippen LogP contribution in [0.5, 0.6) is 0 Å². The second kappa shape index (κ2) is 4.84. The van der Waals surface area contributed by atoms with Crippen molar-refractivity contribution in [1.82, 2.24) is 15.3 Å².